The Morgan fingerprint density at radius 3 is 2.74 bits per heavy atom. The molecule has 0 saturated heterocycles. The Morgan fingerprint density at radius 1 is 1.32 bits per heavy atom. The van der Waals surface area contributed by atoms with Crippen LogP contribution in [0.1, 0.15) is 11.6 Å². The maximum absolute atomic E-state index is 8.82. The molecule has 0 aliphatic rings. The van der Waals surface area contributed by atoms with Crippen molar-refractivity contribution < 1.29 is 9.52 Å². The van der Waals surface area contributed by atoms with Crippen LogP contribution in [0, 0.1) is 13.8 Å². The van der Waals surface area contributed by atoms with Gasteiger partial charge in [0.05, 0.1) is 6.61 Å². The molecule has 0 aliphatic carbocycles. The number of aromatic nitrogens is 2. The Hall–Kier alpha value is -2.08. The molecule has 2 aromatic heterocycles. The number of hydrogen-bond donors (Lipinski definition) is 2. The van der Waals surface area contributed by atoms with Crippen LogP contribution < -0.4 is 10.2 Å². The van der Waals surface area contributed by atoms with E-state index in [1.807, 2.05) is 44.0 Å². The monoisotopic (exact) mass is 262 g/mol. The maximum Gasteiger partial charge on any atom is 0.200 e. The van der Waals surface area contributed by atoms with Crippen molar-refractivity contribution in [2.24, 2.45) is 0 Å². The van der Waals surface area contributed by atoms with Crippen molar-refractivity contribution in [2.75, 3.05) is 30.4 Å². The van der Waals surface area contributed by atoms with Crippen LogP contribution in [0.3, 0.4) is 0 Å². The first kappa shape index (κ1) is 13.4. The van der Waals surface area contributed by atoms with Gasteiger partial charge in [0.15, 0.2) is 0 Å². The van der Waals surface area contributed by atoms with Gasteiger partial charge in [-0.05, 0) is 19.9 Å². The molecule has 19 heavy (non-hydrogen) atoms. The van der Waals surface area contributed by atoms with Crippen molar-refractivity contribution in [3.63, 3.8) is 0 Å². The summed E-state index contributed by atoms with van der Waals surface area (Å²) in [4.78, 5) is 10.5. The fraction of sp³-hybridized carbons (Fsp3) is 0.385. The van der Waals surface area contributed by atoms with Gasteiger partial charge in [0.2, 0.25) is 5.88 Å². The standard InChI is InChI=1S/C13H18N4O2/c1-9-4-5-13(19-9)17(3)12-8-11(14-6-7-18)15-10(2)16-12/h4-5,8,18H,6-7H2,1-3H3,(H,14,15,16). The molecule has 102 valence electrons. The van der Waals surface area contributed by atoms with Crippen LogP contribution in [0.4, 0.5) is 17.5 Å². The highest BCUT2D eigenvalue weighted by Crippen LogP contribution is 2.25. The molecule has 2 aromatic rings. The van der Waals surface area contributed by atoms with Gasteiger partial charge in [-0.1, -0.05) is 0 Å². The highest BCUT2D eigenvalue weighted by molar-refractivity contribution is 5.57. The lowest BCUT2D eigenvalue weighted by molar-refractivity contribution is 0.311. The van der Waals surface area contributed by atoms with Crippen LogP contribution in [-0.2, 0) is 0 Å². The second-order valence-electron chi connectivity index (χ2n) is 4.25. The van der Waals surface area contributed by atoms with Gasteiger partial charge < -0.3 is 14.8 Å². The Morgan fingerprint density at radius 2 is 2.11 bits per heavy atom. The smallest absolute Gasteiger partial charge is 0.200 e. The third kappa shape index (κ3) is 3.23. The van der Waals surface area contributed by atoms with E-state index in [0.717, 1.165) is 17.5 Å². The lowest BCUT2D eigenvalue weighted by atomic mass is 10.4. The van der Waals surface area contributed by atoms with Gasteiger partial charge >= 0.3 is 0 Å². The Balaban J connectivity index is 2.25. The van der Waals surface area contributed by atoms with E-state index in [4.69, 9.17) is 9.52 Å². The van der Waals surface area contributed by atoms with Crippen molar-refractivity contribution in [1.82, 2.24) is 9.97 Å². The predicted octanol–water partition coefficient (Wildman–Crippen LogP) is 1.86. The molecular formula is C13H18N4O2. The zero-order chi connectivity index (χ0) is 13.8. The summed E-state index contributed by atoms with van der Waals surface area (Å²) < 4.78 is 5.57. The molecule has 0 spiro atoms. The molecule has 0 fully saturated rings. The molecule has 0 saturated carbocycles. The average molecular weight is 262 g/mol. The number of hydrogen-bond acceptors (Lipinski definition) is 6. The van der Waals surface area contributed by atoms with Gasteiger partial charge in [-0.3, -0.25) is 4.90 Å². The minimum absolute atomic E-state index is 0.0611. The summed E-state index contributed by atoms with van der Waals surface area (Å²) in [6, 6.07) is 5.62. The number of nitrogens with zero attached hydrogens (tertiary/aromatic N) is 3. The fourth-order valence-corrected chi connectivity index (χ4v) is 1.71. The molecule has 0 amide bonds. The number of anilines is 3. The van der Waals surface area contributed by atoms with Crippen molar-refractivity contribution in [3.05, 3.63) is 29.8 Å². The van der Waals surface area contributed by atoms with E-state index < -0.39 is 0 Å². The average Bonchev–Trinajstić information content (AvgIpc) is 2.81. The number of aryl methyl sites for hydroxylation is 2. The van der Waals surface area contributed by atoms with E-state index in [1.165, 1.54) is 0 Å². The first-order chi connectivity index (χ1) is 9.10. The minimum atomic E-state index is 0.0611. The molecular weight excluding hydrogens is 244 g/mol. The summed E-state index contributed by atoms with van der Waals surface area (Å²) in [5.41, 5.74) is 0. The molecule has 2 N–H and O–H groups in total. The molecule has 0 atom stereocenters. The van der Waals surface area contributed by atoms with Crippen LogP contribution in [-0.4, -0.2) is 35.3 Å². The first-order valence-electron chi connectivity index (χ1n) is 6.10. The first-order valence-corrected chi connectivity index (χ1v) is 6.10. The summed E-state index contributed by atoms with van der Waals surface area (Å²) in [5.74, 6) is 3.66. The van der Waals surface area contributed by atoms with E-state index in [2.05, 4.69) is 15.3 Å². The summed E-state index contributed by atoms with van der Waals surface area (Å²) >= 11 is 0. The Kier molecular flexibility index (Phi) is 4.01. The second kappa shape index (κ2) is 5.71. The summed E-state index contributed by atoms with van der Waals surface area (Å²) in [6.45, 7) is 4.25. The number of nitrogens with one attached hydrogen (secondary N) is 1. The van der Waals surface area contributed by atoms with E-state index in [1.54, 1.807) is 0 Å². The van der Waals surface area contributed by atoms with E-state index in [0.29, 0.717) is 18.2 Å². The molecule has 0 bridgehead atoms. The fourth-order valence-electron chi connectivity index (χ4n) is 1.71. The van der Waals surface area contributed by atoms with E-state index >= 15 is 0 Å². The van der Waals surface area contributed by atoms with Crippen molar-refractivity contribution in [1.29, 1.82) is 0 Å². The molecule has 6 nitrogen and oxygen atoms in total. The SMILES string of the molecule is Cc1nc(NCCO)cc(N(C)c2ccc(C)o2)n1. The lowest BCUT2D eigenvalue weighted by Gasteiger charge is -2.16. The third-order valence-corrected chi connectivity index (χ3v) is 2.64. The van der Waals surface area contributed by atoms with Crippen LogP contribution >= 0.6 is 0 Å². The van der Waals surface area contributed by atoms with Crippen molar-refractivity contribution in [3.8, 4) is 0 Å². The van der Waals surface area contributed by atoms with Crippen LogP contribution in [0.15, 0.2) is 22.6 Å². The predicted molar refractivity (Wildman–Crippen MR) is 73.9 cm³/mol. The normalized spacial score (nSPS) is 10.5. The van der Waals surface area contributed by atoms with Crippen LogP contribution in [0.5, 0.6) is 0 Å². The second-order valence-corrected chi connectivity index (χ2v) is 4.25. The Bertz CT molecular complexity index is 553. The maximum atomic E-state index is 8.82. The van der Waals surface area contributed by atoms with E-state index in [-0.39, 0.29) is 6.61 Å². The quantitative estimate of drug-likeness (QED) is 0.856. The molecule has 0 unspecified atom stereocenters. The number of furan rings is 1. The van der Waals surface area contributed by atoms with Crippen molar-refractivity contribution in [2.45, 2.75) is 13.8 Å². The van der Waals surface area contributed by atoms with E-state index in [9.17, 15) is 0 Å². The summed E-state index contributed by atoms with van der Waals surface area (Å²) in [6.07, 6.45) is 0. The topological polar surface area (TPSA) is 74.4 Å². The van der Waals surface area contributed by atoms with Gasteiger partial charge in [0.1, 0.15) is 23.2 Å². The largest absolute Gasteiger partial charge is 0.445 e. The third-order valence-electron chi connectivity index (χ3n) is 2.64. The minimum Gasteiger partial charge on any atom is -0.445 e. The lowest BCUT2D eigenvalue weighted by Crippen LogP contribution is -2.14. The van der Waals surface area contributed by atoms with Crippen molar-refractivity contribution >= 4 is 17.5 Å². The number of rotatable bonds is 5. The van der Waals surface area contributed by atoms with Gasteiger partial charge in [0, 0.05) is 25.7 Å². The number of aliphatic hydroxyl groups excluding tert-OH is 1. The highest BCUT2D eigenvalue weighted by atomic mass is 16.4. The molecule has 2 rings (SSSR count). The van der Waals surface area contributed by atoms with Gasteiger partial charge in [0.25, 0.3) is 0 Å². The molecule has 0 radical (unpaired) electrons. The highest BCUT2D eigenvalue weighted by Gasteiger charge is 2.11. The van der Waals surface area contributed by atoms with Gasteiger partial charge in [-0.25, -0.2) is 9.97 Å². The van der Waals surface area contributed by atoms with Gasteiger partial charge in [-0.15, -0.1) is 0 Å². The van der Waals surface area contributed by atoms with Gasteiger partial charge in [-0.2, -0.15) is 0 Å². The summed E-state index contributed by atoms with van der Waals surface area (Å²) in [7, 11) is 1.88. The van der Waals surface area contributed by atoms with Crippen LogP contribution in [0.2, 0.25) is 0 Å². The molecule has 6 heteroatoms. The number of aliphatic hydroxyl groups is 1. The van der Waals surface area contributed by atoms with Crippen LogP contribution in [0.25, 0.3) is 0 Å². The molecule has 2 heterocycles. The Labute approximate surface area is 112 Å². The zero-order valence-electron chi connectivity index (χ0n) is 11.3. The molecule has 0 aromatic carbocycles. The zero-order valence-corrected chi connectivity index (χ0v) is 11.3. The summed E-state index contributed by atoms with van der Waals surface area (Å²) in [5, 5.41) is 11.9. The molecule has 0 aliphatic heterocycles.